The van der Waals surface area contributed by atoms with Gasteiger partial charge in [0.2, 0.25) is 5.75 Å². The number of ether oxygens (including phenoxy) is 1. The molecule has 0 fully saturated rings. The summed E-state index contributed by atoms with van der Waals surface area (Å²) in [7, 11) is 1.46. The zero-order valence-electron chi connectivity index (χ0n) is 7.29. The van der Waals surface area contributed by atoms with E-state index < -0.39 is 0 Å². The van der Waals surface area contributed by atoms with E-state index in [1.165, 1.54) is 7.11 Å². The lowest BCUT2D eigenvalue weighted by Crippen LogP contribution is -1.99. The number of rotatable bonds is 1. The number of hydrogen-bond acceptors (Lipinski definition) is 4. The molecule has 1 aromatic carbocycles. The van der Waals surface area contributed by atoms with E-state index in [0.717, 1.165) is 11.1 Å². The van der Waals surface area contributed by atoms with Gasteiger partial charge in [0.25, 0.3) is 0 Å². The first-order valence-electron chi connectivity index (χ1n) is 4.05. The third kappa shape index (κ3) is 1.10. The fourth-order valence-electron chi connectivity index (χ4n) is 1.56. The van der Waals surface area contributed by atoms with Crippen LogP contribution in [-0.4, -0.2) is 17.3 Å². The topological polar surface area (TPSA) is 61.7 Å². The Kier molecular flexibility index (Phi) is 1.77. The largest absolute Gasteiger partial charge is 0.504 e. The van der Waals surface area contributed by atoms with Crippen molar-refractivity contribution in [2.75, 3.05) is 7.11 Å². The molecule has 1 aliphatic rings. The monoisotopic (exact) mass is 181 g/mol. The van der Waals surface area contributed by atoms with Gasteiger partial charge < -0.3 is 20.3 Å². The summed E-state index contributed by atoms with van der Waals surface area (Å²) >= 11 is 0. The van der Waals surface area contributed by atoms with Crippen molar-refractivity contribution in [3.63, 3.8) is 0 Å². The van der Waals surface area contributed by atoms with Crippen LogP contribution in [0.5, 0.6) is 17.2 Å². The van der Waals surface area contributed by atoms with Crippen LogP contribution in [0.4, 0.5) is 0 Å². The molecule has 0 aromatic heterocycles. The fraction of sp³-hybridized carbons (Fsp3) is 0.333. The van der Waals surface area contributed by atoms with Gasteiger partial charge in [-0.3, -0.25) is 0 Å². The molecule has 1 aliphatic heterocycles. The van der Waals surface area contributed by atoms with E-state index in [-0.39, 0.29) is 11.5 Å². The van der Waals surface area contributed by atoms with Gasteiger partial charge >= 0.3 is 0 Å². The van der Waals surface area contributed by atoms with Gasteiger partial charge in [0.1, 0.15) is 0 Å². The summed E-state index contributed by atoms with van der Waals surface area (Å²) in [5.74, 6) is 0.0734. The summed E-state index contributed by atoms with van der Waals surface area (Å²) in [6.45, 7) is 1.30. The molecule has 0 bridgehead atoms. The van der Waals surface area contributed by atoms with Crippen molar-refractivity contribution in [2.45, 2.75) is 13.1 Å². The molecule has 70 valence electrons. The van der Waals surface area contributed by atoms with Crippen LogP contribution in [0, 0.1) is 0 Å². The standard InChI is InChI=1S/C9H11NO3/c1-13-7-2-5-3-10-4-6(5)8(11)9(7)12/h2,10-12H,3-4H2,1H3. The highest BCUT2D eigenvalue weighted by molar-refractivity contribution is 5.58. The predicted molar refractivity (Wildman–Crippen MR) is 46.9 cm³/mol. The smallest absolute Gasteiger partial charge is 0.200 e. The molecule has 1 aromatic rings. The number of fused-ring (bicyclic) bond motifs is 1. The molecular weight excluding hydrogens is 170 g/mol. The number of hydrogen-bond donors (Lipinski definition) is 3. The SMILES string of the molecule is COc1cc2c(c(O)c1O)CNC2. The Balaban J connectivity index is 2.61. The second-order valence-electron chi connectivity index (χ2n) is 3.02. The maximum atomic E-state index is 9.56. The van der Waals surface area contributed by atoms with E-state index in [1.807, 2.05) is 0 Å². The van der Waals surface area contributed by atoms with E-state index in [9.17, 15) is 10.2 Å². The van der Waals surface area contributed by atoms with Crippen molar-refractivity contribution in [3.8, 4) is 17.2 Å². The van der Waals surface area contributed by atoms with Crippen LogP contribution < -0.4 is 10.1 Å². The third-order valence-corrected chi connectivity index (χ3v) is 2.27. The Labute approximate surface area is 75.8 Å². The zero-order valence-corrected chi connectivity index (χ0v) is 7.29. The number of benzene rings is 1. The molecule has 0 saturated heterocycles. The van der Waals surface area contributed by atoms with E-state index in [4.69, 9.17) is 4.74 Å². The van der Waals surface area contributed by atoms with E-state index in [2.05, 4.69) is 5.32 Å². The van der Waals surface area contributed by atoms with Crippen molar-refractivity contribution < 1.29 is 14.9 Å². The lowest BCUT2D eigenvalue weighted by molar-refractivity contribution is 0.349. The number of nitrogens with one attached hydrogen (secondary N) is 1. The van der Waals surface area contributed by atoms with Crippen LogP contribution in [0.3, 0.4) is 0 Å². The molecular formula is C9H11NO3. The molecule has 0 aliphatic carbocycles. The highest BCUT2D eigenvalue weighted by atomic mass is 16.5. The quantitative estimate of drug-likeness (QED) is 0.558. The predicted octanol–water partition coefficient (Wildman–Crippen LogP) is 0.710. The fourth-order valence-corrected chi connectivity index (χ4v) is 1.56. The molecule has 0 amide bonds. The number of phenolic OH excluding ortho intramolecular Hbond substituents is 2. The molecule has 0 saturated carbocycles. The minimum absolute atomic E-state index is 0.0700. The van der Waals surface area contributed by atoms with Crippen LogP contribution in [0.25, 0.3) is 0 Å². The average molecular weight is 181 g/mol. The first-order chi connectivity index (χ1) is 6.24. The maximum absolute atomic E-state index is 9.56. The Bertz CT molecular complexity index is 348. The van der Waals surface area contributed by atoms with Crippen molar-refractivity contribution in [3.05, 3.63) is 17.2 Å². The second-order valence-corrected chi connectivity index (χ2v) is 3.02. The lowest BCUT2D eigenvalue weighted by atomic mass is 10.1. The summed E-state index contributed by atoms with van der Waals surface area (Å²) in [4.78, 5) is 0. The summed E-state index contributed by atoms with van der Waals surface area (Å²) in [6.07, 6.45) is 0. The molecule has 1 heterocycles. The van der Waals surface area contributed by atoms with E-state index in [0.29, 0.717) is 18.8 Å². The van der Waals surface area contributed by atoms with Crippen LogP contribution in [0.2, 0.25) is 0 Å². The minimum Gasteiger partial charge on any atom is -0.504 e. The molecule has 0 radical (unpaired) electrons. The maximum Gasteiger partial charge on any atom is 0.200 e. The lowest BCUT2D eigenvalue weighted by Gasteiger charge is -2.08. The average Bonchev–Trinajstić information content (AvgIpc) is 2.59. The van der Waals surface area contributed by atoms with Crippen molar-refractivity contribution in [2.24, 2.45) is 0 Å². The Hall–Kier alpha value is -1.42. The molecule has 4 heteroatoms. The Morgan fingerprint density at radius 1 is 1.31 bits per heavy atom. The van der Waals surface area contributed by atoms with Crippen molar-refractivity contribution in [1.29, 1.82) is 0 Å². The molecule has 0 atom stereocenters. The van der Waals surface area contributed by atoms with E-state index in [1.54, 1.807) is 6.07 Å². The molecule has 4 nitrogen and oxygen atoms in total. The van der Waals surface area contributed by atoms with Gasteiger partial charge in [0.05, 0.1) is 7.11 Å². The molecule has 0 spiro atoms. The van der Waals surface area contributed by atoms with Crippen LogP contribution in [0.1, 0.15) is 11.1 Å². The summed E-state index contributed by atoms with van der Waals surface area (Å²) in [6, 6.07) is 1.74. The third-order valence-electron chi connectivity index (χ3n) is 2.27. The number of aromatic hydroxyl groups is 2. The van der Waals surface area contributed by atoms with Gasteiger partial charge in [-0.1, -0.05) is 0 Å². The first kappa shape index (κ1) is 8.19. The number of phenols is 2. The van der Waals surface area contributed by atoms with Crippen LogP contribution in [-0.2, 0) is 13.1 Å². The van der Waals surface area contributed by atoms with Crippen molar-refractivity contribution in [1.82, 2.24) is 5.32 Å². The van der Waals surface area contributed by atoms with Gasteiger partial charge in [-0.2, -0.15) is 0 Å². The molecule has 3 N–H and O–H groups in total. The van der Waals surface area contributed by atoms with Crippen molar-refractivity contribution >= 4 is 0 Å². The Morgan fingerprint density at radius 3 is 2.77 bits per heavy atom. The molecule has 2 rings (SSSR count). The van der Waals surface area contributed by atoms with Crippen LogP contribution in [0.15, 0.2) is 6.07 Å². The molecule has 0 unspecified atom stereocenters. The van der Waals surface area contributed by atoms with E-state index >= 15 is 0 Å². The second kappa shape index (κ2) is 2.81. The van der Waals surface area contributed by atoms with Gasteiger partial charge in [0.15, 0.2) is 11.5 Å². The number of methoxy groups -OCH3 is 1. The summed E-state index contributed by atoms with van der Waals surface area (Å²) in [5.41, 5.74) is 1.74. The normalized spacial score (nSPS) is 14.2. The van der Waals surface area contributed by atoms with Crippen LogP contribution >= 0.6 is 0 Å². The Morgan fingerprint density at radius 2 is 2.08 bits per heavy atom. The molecule has 13 heavy (non-hydrogen) atoms. The summed E-state index contributed by atoms with van der Waals surface area (Å²) < 4.78 is 4.91. The van der Waals surface area contributed by atoms with Gasteiger partial charge in [0, 0.05) is 18.7 Å². The summed E-state index contributed by atoms with van der Waals surface area (Å²) in [5, 5.41) is 22.1. The van der Waals surface area contributed by atoms with Gasteiger partial charge in [-0.15, -0.1) is 0 Å². The highest BCUT2D eigenvalue weighted by Crippen LogP contribution is 2.41. The zero-order chi connectivity index (χ0) is 9.42. The minimum atomic E-state index is -0.176. The highest BCUT2D eigenvalue weighted by Gasteiger charge is 2.20. The van der Waals surface area contributed by atoms with Gasteiger partial charge in [-0.25, -0.2) is 0 Å². The van der Waals surface area contributed by atoms with Gasteiger partial charge in [-0.05, 0) is 11.6 Å². The first-order valence-corrected chi connectivity index (χ1v) is 4.05.